The van der Waals surface area contributed by atoms with Crippen LogP contribution in [0.1, 0.15) is 22.3 Å². The molecule has 0 aliphatic carbocycles. The molecule has 0 atom stereocenters. The number of aromatic amines is 1. The molecule has 3 aromatic rings. The number of H-pyrrole nitrogens is 1. The molecule has 28 heavy (non-hydrogen) atoms. The fraction of sp³-hybridized carbons (Fsp3) is 0.222. The van der Waals surface area contributed by atoms with E-state index in [0.717, 1.165) is 16.1 Å². The Labute approximate surface area is 165 Å². The third kappa shape index (κ3) is 4.72. The molecule has 0 saturated heterocycles. The van der Waals surface area contributed by atoms with E-state index in [9.17, 15) is 9.59 Å². The molecule has 3 heterocycles. The third-order valence-corrected chi connectivity index (χ3v) is 4.80. The lowest BCUT2D eigenvalue weighted by Gasteiger charge is -2.08. The van der Waals surface area contributed by atoms with Gasteiger partial charge in [-0.25, -0.2) is 4.79 Å². The summed E-state index contributed by atoms with van der Waals surface area (Å²) in [5, 5.41) is 17.2. The van der Waals surface area contributed by atoms with Gasteiger partial charge < -0.3 is 16.4 Å². The summed E-state index contributed by atoms with van der Waals surface area (Å²) in [4.78, 5) is 29.4. The average molecular weight is 399 g/mol. The van der Waals surface area contributed by atoms with Crippen molar-refractivity contribution < 1.29 is 9.59 Å². The third-order valence-electron chi connectivity index (χ3n) is 3.93. The van der Waals surface area contributed by atoms with Crippen LogP contribution in [0, 0.1) is 6.92 Å². The SMILES string of the molecule is Cc1c(-c2cccs2)n[nH]c1NC(=O)Nc1cncc(C(=O)NCCCN)c1. The lowest BCUT2D eigenvalue weighted by molar-refractivity contribution is 0.0953. The Morgan fingerprint density at radius 2 is 2.14 bits per heavy atom. The van der Waals surface area contributed by atoms with Crippen LogP contribution in [-0.4, -0.2) is 40.2 Å². The molecule has 6 N–H and O–H groups in total. The van der Waals surface area contributed by atoms with Crippen molar-refractivity contribution in [2.45, 2.75) is 13.3 Å². The summed E-state index contributed by atoms with van der Waals surface area (Å²) in [5.74, 6) is 0.236. The molecular weight excluding hydrogens is 378 g/mol. The summed E-state index contributed by atoms with van der Waals surface area (Å²) >= 11 is 1.57. The minimum Gasteiger partial charge on any atom is -0.352 e. The zero-order valence-electron chi connectivity index (χ0n) is 15.3. The quantitative estimate of drug-likeness (QED) is 0.389. The van der Waals surface area contributed by atoms with Crippen LogP contribution in [0.15, 0.2) is 36.0 Å². The molecule has 3 rings (SSSR count). The fourth-order valence-corrected chi connectivity index (χ4v) is 3.26. The second kappa shape index (κ2) is 9.11. The largest absolute Gasteiger partial charge is 0.352 e. The number of anilines is 2. The maximum absolute atomic E-state index is 12.3. The Morgan fingerprint density at radius 3 is 2.89 bits per heavy atom. The smallest absolute Gasteiger partial charge is 0.324 e. The van der Waals surface area contributed by atoms with Gasteiger partial charge in [0.2, 0.25) is 0 Å². The van der Waals surface area contributed by atoms with Crippen LogP contribution in [-0.2, 0) is 0 Å². The van der Waals surface area contributed by atoms with Gasteiger partial charge >= 0.3 is 6.03 Å². The summed E-state index contributed by atoms with van der Waals surface area (Å²) < 4.78 is 0. The summed E-state index contributed by atoms with van der Waals surface area (Å²) in [5.41, 5.74) is 7.80. The number of hydrogen-bond acceptors (Lipinski definition) is 6. The molecule has 0 spiro atoms. The van der Waals surface area contributed by atoms with Gasteiger partial charge in [0.1, 0.15) is 11.5 Å². The maximum atomic E-state index is 12.3. The molecule has 0 fully saturated rings. The van der Waals surface area contributed by atoms with Crippen LogP contribution in [0.4, 0.5) is 16.3 Å². The number of hydrogen-bond donors (Lipinski definition) is 5. The number of amides is 3. The Morgan fingerprint density at radius 1 is 1.29 bits per heavy atom. The van der Waals surface area contributed by atoms with Gasteiger partial charge in [-0.1, -0.05) is 6.07 Å². The van der Waals surface area contributed by atoms with Crippen molar-refractivity contribution in [2.24, 2.45) is 5.73 Å². The van der Waals surface area contributed by atoms with Crippen LogP contribution >= 0.6 is 11.3 Å². The van der Waals surface area contributed by atoms with Crippen LogP contribution in [0.3, 0.4) is 0 Å². The molecule has 0 aliphatic rings. The number of thiophene rings is 1. The van der Waals surface area contributed by atoms with E-state index < -0.39 is 6.03 Å². The molecule has 3 amide bonds. The molecule has 9 nitrogen and oxygen atoms in total. The van der Waals surface area contributed by atoms with Crippen molar-refractivity contribution in [3.05, 3.63) is 47.1 Å². The van der Waals surface area contributed by atoms with Gasteiger partial charge in [-0.15, -0.1) is 11.3 Å². The molecule has 3 aromatic heterocycles. The predicted octanol–water partition coefficient (Wildman–Crippen LogP) is 2.56. The molecule has 0 aliphatic heterocycles. The van der Waals surface area contributed by atoms with E-state index in [1.807, 2.05) is 24.4 Å². The molecule has 0 bridgehead atoms. The fourth-order valence-electron chi connectivity index (χ4n) is 2.49. The van der Waals surface area contributed by atoms with E-state index in [4.69, 9.17) is 5.73 Å². The van der Waals surface area contributed by atoms with Crippen molar-refractivity contribution in [3.63, 3.8) is 0 Å². The van der Waals surface area contributed by atoms with E-state index in [1.165, 1.54) is 12.4 Å². The number of nitrogens with two attached hydrogens (primary N) is 1. The summed E-state index contributed by atoms with van der Waals surface area (Å²) in [6.07, 6.45) is 3.59. The molecule has 0 aromatic carbocycles. The minimum absolute atomic E-state index is 0.269. The Balaban J connectivity index is 1.62. The van der Waals surface area contributed by atoms with E-state index in [2.05, 4.69) is 31.1 Å². The lowest BCUT2D eigenvalue weighted by atomic mass is 10.2. The van der Waals surface area contributed by atoms with Crippen molar-refractivity contribution in [1.82, 2.24) is 20.5 Å². The number of pyridine rings is 1. The number of nitrogens with one attached hydrogen (secondary N) is 4. The van der Waals surface area contributed by atoms with E-state index in [-0.39, 0.29) is 5.91 Å². The highest BCUT2D eigenvalue weighted by atomic mass is 32.1. The van der Waals surface area contributed by atoms with Gasteiger partial charge in [0, 0.05) is 18.3 Å². The zero-order valence-corrected chi connectivity index (χ0v) is 16.1. The monoisotopic (exact) mass is 399 g/mol. The van der Waals surface area contributed by atoms with Crippen LogP contribution < -0.4 is 21.7 Å². The number of nitrogens with zero attached hydrogens (tertiary/aromatic N) is 2. The summed E-state index contributed by atoms with van der Waals surface area (Å²) in [6, 6.07) is 5.00. The molecule has 146 valence electrons. The molecular formula is C18H21N7O2S. The highest BCUT2D eigenvalue weighted by Gasteiger charge is 2.14. The second-order valence-electron chi connectivity index (χ2n) is 5.99. The van der Waals surface area contributed by atoms with E-state index in [1.54, 1.807) is 17.4 Å². The van der Waals surface area contributed by atoms with Crippen LogP contribution in [0.2, 0.25) is 0 Å². The molecule has 10 heteroatoms. The second-order valence-corrected chi connectivity index (χ2v) is 6.94. The first-order valence-corrected chi connectivity index (χ1v) is 9.56. The summed E-state index contributed by atoms with van der Waals surface area (Å²) in [7, 11) is 0. The van der Waals surface area contributed by atoms with Crippen molar-refractivity contribution in [3.8, 4) is 10.6 Å². The molecule has 0 saturated carbocycles. The van der Waals surface area contributed by atoms with Gasteiger partial charge in [-0.3, -0.25) is 20.2 Å². The minimum atomic E-state index is -0.466. The summed E-state index contributed by atoms with van der Waals surface area (Å²) in [6.45, 7) is 2.86. The first kappa shape index (κ1) is 19.5. The van der Waals surface area contributed by atoms with Crippen molar-refractivity contribution >= 4 is 34.8 Å². The first-order chi connectivity index (χ1) is 13.6. The van der Waals surface area contributed by atoms with Crippen LogP contribution in [0.25, 0.3) is 10.6 Å². The van der Waals surface area contributed by atoms with Crippen molar-refractivity contribution in [2.75, 3.05) is 23.7 Å². The average Bonchev–Trinajstić information content (AvgIpc) is 3.32. The number of aromatic nitrogens is 3. The van der Waals surface area contributed by atoms with Gasteiger partial charge in [0.05, 0.1) is 22.3 Å². The normalized spacial score (nSPS) is 10.5. The number of carbonyl (C=O) groups is 2. The van der Waals surface area contributed by atoms with Gasteiger partial charge in [0.15, 0.2) is 0 Å². The Kier molecular flexibility index (Phi) is 6.35. The van der Waals surface area contributed by atoms with Gasteiger partial charge in [0.25, 0.3) is 5.91 Å². The molecule has 0 unspecified atom stereocenters. The predicted molar refractivity (Wildman–Crippen MR) is 110 cm³/mol. The van der Waals surface area contributed by atoms with E-state index in [0.29, 0.717) is 36.6 Å². The van der Waals surface area contributed by atoms with Gasteiger partial charge in [-0.2, -0.15) is 5.10 Å². The van der Waals surface area contributed by atoms with Gasteiger partial charge in [-0.05, 0) is 37.4 Å². The number of rotatable bonds is 7. The maximum Gasteiger partial charge on any atom is 0.324 e. The molecule has 0 radical (unpaired) electrons. The zero-order chi connectivity index (χ0) is 19.9. The standard InChI is InChI=1S/C18H21N7O2S/c1-11-15(14-4-2-7-28-14)24-25-16(11)23-18(27)22-13-8-12(9-20-10-13)17(26)21-6-3-5-19/h2,4,7-10H,3,5-6,19H2,1H3,(H,21,26)(H3,22,23,24,25,27). The first-order valence-electron chi connectivity index (χ1n) is 8.68. The Hall–Kier alpha value is -3.24. The highest BCUT2D eigenvalue weighted by Crippen LogP contribution is 2.29. The lowest BCUT2D eigenvalue weighted by Crippen LogP contribution is -2.26. The Bertz CT molecular complexity index is 953. The van der Waals surface area contributed by atoms with E-state index >= 15 is 0 Å². The van der Waals surface area contributed by atoms with Crippen LogP contribution in [0.5, 0.6) is 0 Å². The number of carbonyl (C=O) groups excluding carboxylic acids is 2. The topological polar surface area (TPSA) is 138 Å². The highest BCUT2D eigenvalue weighted by molar-refractivity contribution is 7.13. The van der Waals surface area contributed by atoms with Crippen molar-refractivity contribution in [1.29, 1.82) is 0 Å². The number of urea groups is 1.